The van der Waals surface area contributed by atoms with Crippen LogP contribution < -0.4 is 15.0 Å². The van der Waals surface area contributed by atoms with Crippen LogP contribution >= 0.6 is 20.1 Å². The summed E-state index contributed by atoms with van der Waals surface area (Å²) in [5.41, 5.74) is 5.81. The van der Waals surface area contributed by atoms with Gasteiger partial charge in [-0.1, -0.05) is 0 Å². The molecule has 0 amide bonds. The van der Waals surface area contributed by atoms with Gasteiger partial charge in [0.1, 0.15) is 0 Å². The summed E-state index contributed by atoms with van der Waals surface area (Å²) in [5, 5.41) is 3.14. The maximum absolute atomic E-state index is 6.05. The number of halogens is 1. The first kappa shape index (κ1) is 13.6. The van der Waals surface area contributed by atoms with Crippen molar-refractivity contribution in [1.29, 1.82) is 0 Å². The molecule has 82 valence electrons. The van der Waals surface area contributed by atoms with Gasteiger partial charge in [0.05, 0.1) is 0 Å². The molecule has 5 N–H and O–H groups in total. The molecule has 0 aromatic rings. The first-order chi connectivity index (χ1) is 5.90. The number of nitrogens with two attached hydrogens (primary N) is 2. The van der Waals surface area contributed by atoms with Crippen molar-refractivity contribution in [2.75, 3.05) is 16.4 Å². The topological polar surface area (TPSA) is 64.1 Å². The summed E-state index contributed by atoms with van der Waals surface area (Å²) in [6.45, 7) is 4.24. The van der Waals surface area contributed by atoms with Crippen LogP contribution in [0.25, 0.3) is 0 Å². The van der Waals surface area contributed by atoms with Crippen LogP contribution in [0.15, 0.2) is 0 Å². The van der Waals surface area contributed by atoms with Crippen molar-refractivity contribution in [3.05, 3.63) is 0 Å². The van der Waals surface area contributed by atoms with Gasteiger partial charge in [0.15, 0.2) is 0 Å². The first-order valence-electron chi connectivity index (χ1n) is 4.68. The van der Waals surface area contributed by atoms with Crippen LogP contribution in [0.5, 0.6) is 0 Å². The second-order valence-corrected chi connectivity index (χ2v) is 8.64. The molecule has 0 rings (SSSR count). The van der Waals surface area contributed by atoms with Crippen molar-refractivity contribution in [2.24, 2.45) is 15.6 Å². The molecule has 0 aliphatic carbocycles. The van der Waals surface area contributed by atoms with Gasteiger partial charge in [-0.2, -0.15) is 0 Å². The number of alkyl halides is 2. The molecule has 13 heavy (non-hydrogen) atoms. The number of hydrogen-bond acceptors (Lipinski definition) is 3. The second kappa shape index (κ2) is 6.16. The third-order valence-corrected chi connectivity index (χ3v) is 5.10. The third-order valence-electron chi connectivity index (χ3n) is 2.63. The van der Waals surface area contributed by atoms with E-state index in [1.165, 1.54) is 17.3 Å². The van der Waals surface area contributed by atoms with Crippen LogP contribution in [0, 0.1) is 5.92 Å². The molecule has 0 fully saturated rings. The van der Waals surface area contributed by atoms with Crippen molar-refractivity contribution >= 4 is 20.1 Å². The second-order valence-electron chi connectivity index (χ2n) is 3.90. The van der Waals surface area contributed by atoms with Crippen molar-refractivity contribution in [1.82, 2.24) is 5.32 Å². The average Bonchev–Trinajstić information content (AvgIpc) is 2.03. The van der Waals surface area contributed by atoms with Gasteiger partial charge in [-0.25, -0.2) is 0 Å². The van der Waals surface area contributed by atoms with Gasteiger partial charge in [0, 0.05) is 0 Å². The van der Waals surface area contributed by atoms with Crippen LogP contribution in [-0.4, -0.2) is 22.1 Å². The van der Waals surface area contributed by atoms with Crippen LogP contribution in [-0.2, 0) is 0 Å². The molecular weight excluding hydrogens is 277 g/mol. The van der Waals surface area contributed by atoms with E-state index in [0.717, 1.165) is 0 Å². The molecule has 0 saturated heterocycles. The zero-order valence-corrected chi connectivity index (χ0v) is 11.4. The van der Waals surface area contributed by atoms with Crippen LogP contribution in [0.3, 0.4) is 0 Å². The molecule has 4 heteroatoms. The quantitative estimate of drug-likeness (QED) is 0.300. The van der Waals surface area contributed by atoms with Gasteiger partial charge < -0.3 is 0 Å². The predicted octanol–water partition coefficient (Wildman–Crippen LogP) is 1.31. The molecule has 0 heterocycles. The molecule has 0 aliphatic rings. The van der Waals surface area contributed by atoms with E-state index in [-0.39, 0.29) is 5.66 Å². The Hall–Kier alpha value is 0.610. The zero-order chi connectivity index (χ0) is 10.5. The fourth-order valence-electron chi connectivity index (χ4n) is 1.14. The Bertz CT molecular complexity index is 137. The summed E-state index contributed by atoms with van der Waals surface area (Å²) in [5.74, 6) is 0.508. The molecule has 0 saturated carbocycles. The van der Waals surface area contributed by atoms with E-state index in [1.807, 2.05) is 14.0 Å². The van der Waals surface area contributed by atoms with E-state index in [9.17, 15) is 0 Å². The third kappa shape index (κ3) is 5.83. The Kier molecular flexibility index (Phi) is 6.45. The monoisotopic (exact) mass is 301 g/mol. The molecule has 0 aromatic heterocycles. The molecule has 0 aliphatic heterocycles. The van der Waals surface area contributed by atoms with E-state index in [1.54, 1.807) is 0 Å². The van der Waals surface area contributed by atoms with Crippen molar-refractivity contribution in [3.63, 3.8) is 0 Å². The van der Waals surface area contributed by atoms with Crippen molar-refractivity contribution < 1.29 is 0 Å². The van der Waals surface area contributed by atoms with Gasteiger partial charge >= 0.3 is 89.8 Å². The molecule has 0 radical (unpaired) electrons. The molecule has 0 spiro atoms. The number of rotatable bonds is 6. The molecule has 3 nitrogen and oxygen atoms in total. The zero-order valence-electron chi connectivity index (χ0n) is 9.23. The number of hydrogen-bond donors (Lipinski definition) is 3. The Labute approximate surface area is 89.8 Å². The Morgan fingerprint density at radius 2 is 2.08 bits per heavy atom. The van der Waals surface area contributed by atoms with Crippen molar-refractivity contribution in [2.45, 2.75) is 32.4 Å². The SMILES string of the molecule is CNC(C)(N)[C@H](C)CCCI(C)N. The van der Waals surface area contributed by atoms with Gasteiger partial charge in [-0.05, 0) is 0 Å². The molecule has 1 unspecified atom stereocenters. The summed E-state index contributed by atoms with van der Waals surface area (Å²) in [7, 11) is 1.91. The van der Waals surface area contributed by atoms with Gasteiger partial charge in [-0.15, -0.1) is 0 Å². The standard InChI is InChI=1S/C9H24IN3/c1-8(9(2,11)13-4)6-5-7-10(3)12/h8,13H,5-7,11-12H2,1-4H3/t8-,9?/m1/s1. The van der Waals surface area contributed by atoms with E-state index >= 15 is 0 Å². The molecule has 2 atom stereocenters. The Balaban J connectivity index is 3.68. The van der Waals surface area contributed by atoms with E-state index in [2.05, 4.69) is 17.2 Å². The van der Waals surface area contributed by atoms with Crippen LogP contribution in [0.1, 0.15) is 26.7 Å². The van der Waals surface area contributed by atoms with Crippen LogP contribution in [0.2, 0.25) is 0 Å². The fraction of sp³-hybridized carbons (Fsp3) is 1.00. The van der Waals surface area contributed by atoms with Gasteiger partial charge in [0.25, 0.3) is 0 Å². The van der Waals surface area contributed by atoms with Gasteiger partial charge in [0.2, 0.25) is 0 Å². The van der Waals surface area contributed by atoms with Gasteiger partial charge in [-0.3, -0.25) is 0 Å². The van der Waals surface area contributed by atoms with E-state index in [4.69, 9.17) is 9.68 Å². The van der Waals surface area contributed by atoms with E-state index < -0.39 is 20.1 Å². The normalized spacial score (nSPS) is 19.4. The summed E-state index contributed by atoms with van der Waals surface area (Å²) in [6, 6.07) is 0. The van der Waals surface area contributed by atoms with E-state index in [0.29, 0.717) is 5.92 Å². The minimum atomic E-state index is -1.00. The molecule has 0 aromatic carbocycles. The average molecular weight is 301 g/mol. The Morgan fingerprint density at radius 1 is 1.54 bits per heavy atom. The minimum absolute atomic E-state index is 0.235. The summed E-state index contributed by atoms with van der Waals surface area (Å²) < 4.78 is 7.07. The number of nitrogens with one attached hydrogen (secondary N) is 1. The van der Waals surface area contributed by atoms with Crippen molar-refractivity contribution in [3.8, 4) is 0 Å². The van der Waals surface area contributed by atoms with Crippen LogP contribution in [0.4, 0.5) is 0 Å². The summed E-state index contributed by atoms with van der Waals surface area (Å²) in [6.07, 6.45) is 2.40. The predicted molar refractivity (Wildman–Crippen MR) is 69.0 cm³/mol. The fourth-order valence-corrected chi connectivity index (χ4v) is 2.78. The molecule has 0 bridgehead atoms. The molecular formula is C9H24IN3. The Morgan fingerprint density at radius 3 is 2.46 bits per heavy atom. The summed E-state index contributed by atoms with van der Waals surface area (Å²) >= 11 is -1.00. The first-order valence-corrected chi connectivity index (χ1v) is 9.61. The summed E-state index contributed by atoms with van der Waals surface area (Å²) in [4.78, 5) is 2.20. The maximum atomic E-state index is 6.05.